The first kappa shape index (κ1) is 19.9. The molecule has 0 aliphatic heterocycles. The molecule has 0 spiro atoms. The van der Waals surface area contributed by atoms with Crippen molar-refractivity contribution in [1.29, 1.82) is 0 Å². The summed E-state index contributed by atoms with van der Waals surface area (Å²) in [6, 6.07) is 14.4. The molecule has 150 valence electrons. The summed E-state index contributed by atoms with van der Waals surface area (Å²) in [7, 11) is 1.56. The van der Waals surface area contributed by atoms with Crippen LogP contribution in [0.1, 0.15) is 5.56 Å². The third-order valence-corrected chi connectivity index (χ3v) is 3.91. The van der Waals surface area contributed by atoms with Crippen LogP contribution in [0.4, 0.5) is 27.9 Å². The molecule has 1 aromatic carbocycles. The fraction of sp³-hybridized carbons (Fsp3) is 0.200. The molecule has 29 heavy (non-hydrogen) atoms. The molecule has 0 aliphatic carbocycles. The number of rotatable bonds is 8. The fourth-order valence-electron chi connectivity index (χ4n) is 2.51. The second kappa shape index (κ2) is 9.88. The summed E-state index contributed by atoms with van der Waals surface area (Å²) in [6.07, 6.45) is 1.73. The van der Waals surface area contributed by atoms with Crippen molar-refractivity contribution in [2.75, 3.05) is 36.1 Å². The second-order valence-electron chi connectivity index (χ2n) is 6.16. The first-order valence-corrected chi connectivity index (χ1v) is 9.09. The van der Waals surface area contributed by atoms with Crippen LogP contribution in [0.25, 0.3) is 0 Å². The van der Waals surface area contributed by atoms with E-state index in [0.29, 0.717) is 42.0 Å². The van der Waals surface area contributed by atoms with Gasteiger partial charge in [0.1, 0.15) is 17.4 Å². The minimum absolute atomic E-state index is 0.312. The number of aryl methyl sites for hydroxylation is 1. The summed E-state index contributed by atoms with van der Waals surface area (Å²) in [4.78, 5) is 16.2. The minimum Gasteiger partial charge on any atom is -0.495 e. The van der Waals surface area contributed by atoms with Gasteiger partial charge in [0.25, 0.3) is 0 Å². The highest BCUT2D eigenvalue weighted by Crippen LogP contribution is 2.22. The van der Waals surface area contributed by atoms with E-state index in [1.54, 1.807) is 37.6 Å². The predicted molar refractivity (Wildman–Crippen MR) is 113 cm³/mol. The Hall–Kier alpha value is -3.88. The van der Waals surface area contributed by atoms with Gasteiger partial charge in [-0.15, -0.1) is 10.2 Å². The molecule has 2 amide bonds. The molecule has 0 saturated heterocycles. The Balaban J connectivity index is 1.40. The topological polar surface area (TPSA) is 113 Å². The molecule has 2 heterocycles. The maximum absolute atomic E-state index is 12.0. The molecule has 4 N–H and O–H groups in total. The number of benzene rings is 1. The van der Waals surface area contributed by atoms with Crippen molar-refractivity contribution in [3.8, 4) is 5.75 Å². The SMILES string of the molecule is COc1ccccc1NC(=O)NCCNc1ccc(Nc2cc(C)ccn2)nn1. The summed E-state index contributed by atoms with van der Waals surface area (Å²) < 4.78 is 5.20. The molecule has 0 bridgehead atoms. The van der Waals surface area contributed by atoms with Crippen molar-refractivity contribution >= 4 is 29.2 Å². The van der Waals surface area contributed by atoms with Gasteiger partial charge in [0.05, 0.1) is 12.8 Å². The first-order chi connectivity index (χ1) is 14.1. The van der Waals surface area contributed by atoms with Gasteiger partial charge in [-0.1, -0.05) is 12.1 Å². The van der Waals surface area contributed by atoms with E-state index in [9.17, 15) is 4.79 Å². The number of aromatic nitrogens is 3. The summed E-state index contributed by atoms with van der Waals surface area (Å²) in [5.41, 5.74) is 1.72. The Morgan fingerprint density at radius 2 is 1.79 bits per heavy atom. The van der Waals surface area contributed by atoms with E-state index in [1.807, 2.05) is 31.2 Å². The van der Waals surface area contributed by atoms with Crippen LogP contribution in [0.15, 0.2) is 54.7 Å². The van der Waals surface area contributed by atoms with Crippen molar-refractivity contribution in [3.05, 3.63) is 60.3 Å². The maximum atomic E-state index is 12.0. The Bertz CT molecular complexity index is 948. The molecule has 3 rings (SSSR count). The smallest absolute Gasteiger partial charge is 0.319 e. The third-order valence-electron chi connectivity index (χ3n) is 3.91. The Morgan fingerprint density at radius 3 is 2.55 bits per heavy atom. The quantitative estimate of drug-likeness (QED) is 0.435. The number of amides is 2. The lowest BCUT2D eigenvalue weighted by Crippen LogP contribution is -2.32. The zero-order chi connectivity index (χ0) is 20.5. The van der Waals surface area contributed by atoms with Crippen molar-refractivity contribution in [1.82, 2.24) is 20.5 Å². The van der Waals surface area contributed by atoms with Gasteiger partial charge in [0.15, 0.2) is 5.82 Å². The van der Waals surface area contributed by atoms with Crippen LogP contribution in [0, 0.1) is 6.92 Å². The van der Waals surface area contributed by atoms with Gasteiger partial charge < -0.3 is 26.0 Å². The average Bonchev–Trinajstić information content (AvgIpc) is 2.73. The minimum atomic E-state index is -0.312. The number of ether oxygens (including phenoxy) is 1. The number of carbonyl (C=O) groups is 1. The first-order valence-electron chi connectivity index (χ1n) is 9.09. The number of carbonyl (C=O) groups excluding carboxylic acids is 1. The number of methoxy groups -OCH3 is 1. The number of anilines is 4. The van der Waals surface area contributed by atoms with E-state index in [1.165, 1.54) is 0 Å². The van der Waals surface area contributed by atoms with Crippen LogP contribution in [0.3, 0.4) is 0 Å². The highest BCUT2D eigenvalue weighted by Gasteiger charge is 2.06. The van der Waals surface area contributed by atoms with Gasteiger partial charge in [0.2, 0.25) is 0 Å². The standard InChI is InChI=1S/C20H23N7O2/c1-14-9-10-21-19(13-14)25-18-8-7-17(26-27-18)22-11-12-23-20(28)24-15-5-3-4-6-16(15)29-2/h3-10,13H,11-12H2,1-2H3,(H,22,26)(H,21,25,27)(H2,23,24,28). The molecular weight excluding hydrogens is 370 g/mol. The highest BCUT2D eigenvalue weighted by atomic mass is 16.5. The Morgan fingerprint density at radius 1 is 1.00 bits per heavy atom. The summed E-state index contributed by atoms with van der Waals surface area (Å²) in [5, 5.41) is 19.9. The molecule has 9 heteroatoms. The number of nitrogens with one attached hydrogen (secondary N) is 4. The van der Waals surface area contributed by atoms with Crippen molar-refractivity contribution < 1.29 is 9.53 Å². The zero-order valence-electron chi connectivity index (χ0n) is 16.3. The largest absolute Gasteiger partial charge is 0.495 e. The normalized spacial score (nSPS) is 10.1. The molecule has 3 aromatic rings. The fourth-order valence-corrected chi connectivity index (χ4v) is 2.51. The van der Waals surface area contributed by atoms with Crippen LogP contribution >= 0.6 is 0 Å². The maximum Gasteiger partial charge on any atom is 0.319 e. The summed E-state index contributed by atoms with van der Waals surface area (Å²) >= 11 is 0. The predicted octanol–water partition coefficient (Wildman–Crippen LogP) is 3.17. The van der Waals surface area contributed by atoms with Crippen molar-refractivity contribution in [3.63, 3.8) is 0 Å². The number of nitrogens with zero attached hydrogens (tertiary/aromatic N) is 3. The van der Waals surface area contributed by atoms with Crippen molar-refractivity contribution in [2.24, 2.45) is 0 Å². The molecule has 0 atom stereocenters. The average molecular weight is 393 g/mol. The monoisotopic (exact) mass is 393 g/mol. The number of hydrogen-bond acceptors (Lipinski definition) is 7. The van der Waals surface area contributed by atoms with E-state index >= 15 is 0 Å². The molecule has 0 fully saturated rings. The van der Waals surface area contributed by atoms with E-state index in [0.717, 1.165) is 5.56 Å². The third kappa shape index (κ3) is 6.06. The van der Waals surface area contributed by atoms with Gasteiger partial charge >= 0.3 is 6.03 Å². The molecule has 0 radical (unpaired) electrons. The molecule has 2 aromatic heterocycles. The van der Waals surface area contributed by atoms with Gasteiger partial charge in [-0.2, -0.15) is 0 Å². The number of pyridine rings is 1. The molecular formula is C20H23N7O2. The summed E-state index contributed by atoms with van der Waals surface area (Å²) in [5.74, 6) is 2.53. The van der Waals surface area contributed by atoms with Crippen LogP contribution in [0.5, 0.6) is 5.75 Å². The number of hydrogen-bond donors (Lipinski definition) is 4. The Labute approximate surface area is 168 Å². The van der Waals surface area contributed by atoms with Crippen molar-refractivity contribution in [2.45, 2.75) is 6.92 Å². The van der Waals surface area contributed by atoms with Gasteiger partial charge in [-0.3, -0.25) is 0 Å². The highest BCUT2D eigenvalue weighted by molar-refractivity contribution is 5.90. The molecule has 9 nitrogen and oxygen atoms in total. The number of para-hydroxylation sites is 2. The lowest BCUT2D eigenvalue weighted by molar-refractivity contribution is 0.252. The molecule has 0 saturated carbocycles. The van der Waals surface area contributed by atoms with Crippen LogP contribution in [-0.2, 0) is 0 Å². The van der Waals surface area contributed by atoms with E-state index in [4.69, 9.17) is 4.74 Å². The van der Waals surface area contributed by atoms with Gasteiger partial charge in [0, 0.05) is 19.3 Å². The van der Waals surface area contributed by atoms with Gasteiger partial charge in [-0.05, 0) is 48.9 Å². The second-order valence-corrected chi connectivity index (χ2v) is 6.16. The lowest BCUT2D eigenvalue weighted by Gasteiger charge is -2.11. The van der Waals surface area contributed by atoms with E-state index < -0.39 is 0 Å². The number of urea groups is 1. The van der Waals surface area contributed by atoms with E-state index in [-0.39, 0.29) is 6.03 Å². The van der Waals surface area contributed by atoms with Gasteiger partial charge in [-0.25, -0.2) is 9.78 Å². The zero-order valence-corrected chi connectivity index (χ0v) is 16.3. The molecule has 0 aliphatic rings. The lowest BCUT2D eigenvalue weighted by atomic mass is 10.3. The van der Waals surface area contributed by atoms with Crippen LogP contribution < -0.4 is 26.0 Å². The van der Waals surface area contributed by atoms with Crippen LogP contribution in [-0.4, -0.2) is 41.4 Å². The van der Waals surface area contributed by atoms with E-state index in [2.05, 4.69) is 36.4 Å². The summed E-state index contributed by atoms with van der Waals surface area (Å²) in [6.45, 7) is 2.91. The Kier molecular flexibility index (Phi) is 6.77. The van der Waals surface area contributed by atoms with Crippen LogP contribution in [0.2, 0.25) is 0 Å². The molecule has 0 unspecified atom stereocenters.